The monoisotopic (exact) mass is 471 g/mol. The Morgan fingerprint density at radius 3 is 2.54 bits per heavy atom. The van der Waals surface area contributed by atoms with Crippen molar-refractivity contribution in [2.45, 2.75) is 52.6 Å². The number of benzene rings is 2. The number of hydrogen-bond acceptors (Lipinski definition) is 5. The molecule has 2 aromatic heterocycles. The molecule has 0 spiro atoms. The standard InChI is InChI=1S/C29H29NO5/c1-4-5-6-13-33-21-11-9-20(10-12-21)25-24-26(31)23-16-18(2)15-19(3)27(23)35-28(24)29(32)30(25)17-22-8-7-14-34-22/h7-12,14-16,25H,4-6,13,17H2,1-3H3. The van der Waals surface area contributed by atoms with E-state index in [9.17, 15) is 9.59 Å². The number of amides is 1. The molecule has 1 amide bonds. The minimum atomic E-state index is -0.585. The van der Waals surface area contributed by atoms with Gasteiger partial charge < -0.3 is 18.5 Å². The first-order valence-electron chi connectivity index (χ1n) is 12.1. The number of rotatable bonds is 8. The highest BCUT2D eigenvalue weighted by molar-refractivity contribution is 5.99. The second kappa shape index (κ2) is 9.45. The van der Waals surface area contributed by atoms with Crippen LogP contribution in [-0.4, -0.2) is 17.4 Å². The van der Waals surface area contributed by atoms with Crippen molar-refractivity contribution < 1.29 is 18.4 Å². The minimum Gasteiger partial charge on any atom is -0.494 e. The van der Waals surface area contributed by atoms with Gasteiger partial charge in [-0.05, 0) is 67.3 Å². The maximum absolute atomic E-state index is 13.8. The van der Waals surface area contributed by atoms with Crippen molar-refractivity contribution in [3.05, 3.63) is 98.8 Å². The van der Waals surface area contributed by atoms with Crippen LogP contribution in [0, 0.1) is 13.8 Å². The Balaban J connectivity index is 1.59. The van der Waals surface area contributed by atoms with Crippen LogP contribution in [0.15, 0.2) is 68.4 Å². The van der Waals surface area contributed by atoms with Crippen LogP contribution in [0.5, 0.6) is 5.75 Å². The Morgan fingerprint density at radius 2 is 1.83 bits per heavy atom. The van der Waals surface area contributed by atoms with E-state index in [1.54, 1.807) is 17.2 Å². The SMILES string of the molecule is CCCCCOc1ccc(C2c3c(oc4c(C)cc(C)cc4c3=O)C(=O)N2Cc2ccco2)cc1. The second-order valence-corrected chi connectivity index (χ2v) is 9.17. The number of hydrogen-bond donors (Lipinski definition) is 0. The zero-order valence-corrected chi connectivity index (χ0v) is 20.3. The predicted molar refractivity (Wildman–Crippen MR) is 134 cm³/mol. The summed E-state index contributed by atoms with van der Waals surface area (Å²) >= 11 is 0. The number of nitrogens with zero attached hydrogens (tertiary/aromatic N) is 1. The molecule has 35 heavy (non-hydrogen) atoms. The molecule has 5 rings (SSSR count). The molecule has 1 aliphatic rings. The van der Waals surface area contributed by atoms with E-state index in [0.29, 0.717) is 28.9 Å². The van der Waals surface area contributed by atoms with Gasteiger partial charge in [-0.3, -0.25) is 9.59 Å². The third kappa shape index (κ3) is 4.25. The fraction of sp³-hybridized carbons (Fsp3) is 0.310. The Kier molecular flexibility index (Phi) is 6.20. The molecule has 1 unspecified atom stereocenters. The first kappa shape index (κ1) is 23.0. The summed E-state index contributed by atoms with van der Waals surface area (Å²) in [5, 5.41) is 0.495. The van der Waals surface area contributed by atoms with E-state index in [2.05, 4.69) is 6.92 Å². The normalized spacial score (nSPS) is 15.1. The molecule has 1 aliphatic heterocycles. The predicted octanol–water partition coefficient (Wildman–Crippen LogP) is 6.32. The maximum atomic E-state index is 13.8. The van der Waals surface area contributed by atoms with Gasteiger partial charge in [0.05, 0.1) is 36.4 Å². The molecule has 0 bridgehead atoms. The number of carbonyl (C=O) groups excluding carboxylic acids is 1. The number of carbonyl (C=O) groups is 1. The van der Waals surface area contributed by atoms with Gasteiger partial charge in [0.1, 0.15) is 17.1 Å². The Morgan fingerprint density at radius 1 is 1.03 bits per heavy atom. The Labute approximate surface area is 204 Å². The number of furan rings is 1. The van der Waals surface area contributed by atoms with Gasteiger partial charge in [0.2, 0.25) is 5.76 Å². The van der Waals surface area contributed by atoms with Crippen LogP contribution in [0.3, 0.4) is 0 Å². The maximum Gasteiger partial charge on any atom is 0.291 e. The van der Waals surface area contributed by atoms with Gasteiger partial charge in [-0.25, -0.2) is 0 Å². The van der Waals surface area contributed by atoms with Gasteiger partial charge in [-0.15, -0.1) is 0 Å². The molecule has 0 N–H and O–H groups in total. The number of ether oxygens (including phenoxy) is 1. The average Bonchev–Trinajstić information content (AvgIpc) is 3.45. The molecule has 3 heterocycles. The smallest absolute Gasteiger partial charge is 0.291 e. The number of aryl methyl sites for hydroxylation is 2. The molecule has 2 aromatic carbocycles. The molecular weight excluding hydrogens is 442 g/mol. The molecule has 0 radical (unpaired) electrons. The molecule has 0 aliphatic carbocycles. The highest BCUT2D eigenvalue weighted by atomic mass is 16.5. The zero-order valence-electron chi connectivity index (χ0n) is 20.3. The van der Waals surface area contributed by atoms with E-state index in [1.807, 2.05) is 56.3 Å². The first-order chi connectivity index (χ1) is 17.0. The summed E-state index contributed by atoms with van der Waals surface area (Å²) in [5.74, 6) is 1.19. The summed E-state index contributed by atoms with van der Waals surface area (Å²) in [5.41, 5.74) is 3.28. The molecule has 6 nitrogen and oxygen atoms in total. The lowest BCUT2D eigenvalue weighted by molar-refractivity contribution is 0.0701. The molecule has 6 heteroatoms. The highest BCUT2D eigenvalue weighted by Gasteiger charge is 2.43. The molecular formula is C29H29NO5. The number of fused-ring (bicyclic) bond motifs is 2. The van der Waals surface area contributed by atoms with Crippen molar-refractivity contribution in [1.29, 1.82) is 0 Å². The summed E-state index contributed by atoms with van der Waals surface area (Å²) in [6, 6.07) is 14.4. The van der Waals surface area contributed by atoms with Crippen LogP contribution in [0.4, 0.5) is 0 Å². The Bertz CT molecular complexity index is 1420. The summed E-state index contributed by atoms with van der Waals surface area (Å²) in [4.78, 5) is 29.0. The molecule has 0 fully saturated rings. The molecule has 4 aromatic rings. The van der Waals surface area contributed by atoms with Gasteiger partial charge in [-0.2, -0.15) is 0 Å². The Hall–Kier alpha value is -3.80. The first-order valence-corrected chi connectivity index (χ1v) is 12.1. The van der Waals surface area contributed by atoms with E-state index < -0.39 is 6.04 Å². The summed E-state index contributed by atoms with van der Waals surface area (Å²) < 4.78 is 17.5. The summed E-state index contributed by atoms with van der Waals surface area (Å²) in [6.07, 6.45) is 4.85. The van der Waals surface area contributed by atoms with Crippen LogP contribution in [0.1, 0.15) is 70.8 Å². The third-order valence-electron chi connectivity index (χ3n) is 6.52. The van der Waals surface area contributed by atoms with Gasteiger partial charge in [0, 0.05) is 0 Å². The second-order valence-electron chi connectivity index (χ2n) is 9.17. The topological polar surface area (TPSA) is 72.9 Å². The van der Waals surface area contributed by atoms with E-state index in [-0.39, 0.29) is 23.6 Å². The van der Waals surface area contributed by atoms with Crippen molar-refractivity contribution in [1.82, 2.24) is 4.90 Å². The van der Waals surface area contributed by atoms with Gasteiger partial charge in [0.25, 0.3) is 5.91 Å². The van der Waals surface area contributed by atoms with Crippen LogP contribution in [-0.2, 0) is 6.54 Å². The quantitative estimate of drug-likeness (QED) is 0.281. The molecule has 1 atom stereocenters. The van der Waals surface area contributed by atoms with Crippen LogP contribution in [0.25, 0.3) is 11.0 Å². The van der Waals surface area contributed by atoms with Crippen molar-refractivity contribution in [2.24, 2.45) is 0 Å². The molecule has 0 saturated heterocycles. The van der Waals surface area contributed by atoms with E-state index in [1.165, 1.54) is 0 Å². The van der Waals surface area contributed by atoms with E-state index in [0.717, 1.165) is 41.7 Å². The lowest BCUT2D eigenvalue weighted by atomic mass is 9.97. The average molecular weight is 472 g/mol. The lowest BCUT2D eigenvalue weighted by Gasteiger charge is -2.24. The van der Waals surface area contributed by atoms with Crippen molar-refractivity contribution >= 4 is 16.9 Å². The van der Waals surface area contributed by atoms with Gasteiger partial charge in [-0.1, -0.05) is 38.0 Å². The summed E-state index contributed by atoms with van der Waals surface area (Å²) in [6.45, 7) is 6.89. The molecule has 180 valence electrons. The van der Waals surface area contributed by atoms with Crippen molar-refractivity contribution in [2.75, 3.05) is 6.61 Å². The van der Waals surface area contributed by atoms with Crippen LogP contribution >= 0.6 is 0 Å². The van der Waals surface area contributed by atoms with E-state index >= 15 is 0 Å². The number of unbranched alkanes of at least 4 members (excludes halogenated alkanes) is 2. The zero-order chi connectivity index (χ0) is 24.5. The van der Waals surface area contributed by atoms with Gasteiger partial charge in [0.15, 0.2) is 5.43 Å². The fourth-order valence-corrected chi connectivity index (χ4v) is 4.84. The largest absolute Gasteiger partial charge is 0.494 e. The van der Waals surface area contributed by atoms with Gasteiger partial charge >= 0.3 is 0 Å². The fourth-order valence-electron chi connectivity index (χ4n) is 4.84. The van der Waals surface area contributed by atoms with E-state index in [4.69, 9.17) is 13.6 Å². The minimum absolute atomic E-state index is 0.103. The third-order valence-corrected chi connectivity index (χ3v) is 6.52. The van der Waals surface area contributed by atoms with Crippen molar-refractivity contribution in [3.63, 3.8) is 0 Å². The highest BCUT2D eigenvalue weighted by Crippen LogP contribution is 2.40. The summed E-state index contributed by atoms with van der Waals surface area (Å²) in [7, 11) is 0. The van der Waals surface area contributed by atoms with Crippen LogP contribution in [0.2, 0.25) is 0 Å². The van der Waals surface area contributed by atoms with Crippen LogP contribution < -0.4 is 10.2 Å². The molecule has 0 saturated carbocycles. The van der Waals surface area contributed by atoms with Crippen molar-refractivity contribution in [3.8, 4) is 5.75 Å². The lowest BCUT2D eigenvalue weighted by Crippen LogP contribution is -2.29.